The number of nitrogens with one attached hydrogen (secondary N) is 1. The van der Waals surface area contributed by atoms with Crippen LogP contribution in [0.4, 0.5) is 0 Å². The Morgan fingerprint density at radius 1 is 1.00 bits per heavy atom. The van der Waals surface area contributed by atoms with Crippen LogP contribution < -0.4 is 14.8 Å². The van der Waals surface area contributed by atoms with Gasteiger partial charge in [0.1, 0.15) is 19.0 Å². The summed E-state index contributed by atoms with van der Waals surface area (Å²) in [7, 11) is 2.88. The normalized spacial score (nSPS) is 10.2. The highest BCUT2D eigenvalue weighted by Gasteiger charge is 2.06. The minimum Gasteiger partial charge on any atom is -0.489 e. The van der Waals surface area contributed by atoms with Crippen molar-refractivity contribution in [2.45, 2.75) is 6.61 Å². The third-order valence-electron chi connectivity index (χ3n) is 3.49. The lowest BCUT2D eigenvalue weighted by atomic mass is 10.1. The van der Waals surface area contributed by atoms with Crippen molar-refractivity contribution in [3.8, 4) is 11.5 Å². The van der Waals surface area contributed by atoms with Crippen LogP contribution in [0.25, 0.3) is 10.8 Å². The third kappa shape index (κ3) is 5.29. The van der Waals surface area contributed by atoms with Crippen molar-refractivity contribution in [3.05, 3.63) is 59.6 Å². The van der Waals surface area contributed by atoms with E-state index in [1.54, 1.807) is 12.4 Å². The molecule has 7 heteroatoms. The number of hydrogen-bond acceptors (Lipinski definition) is 6. The van der Waals surface area contributed by atoms with E-state index in [9.17, 15) is 0 Å². The van der Waals surface area contributed by atoms with E-state index in [1.807, 2.05) is 43.4 Å². The topological polar surface area (TPSA) is 76.5 Å². The van der Waals surface area contributed by atoms with Crippen LogP contribution in [0.3, 0.4) is 0 Å². The molecule has 138 valence electrons. The first-order valence-corrected chi connectivity index (χ1v) is 8.49. The van der Waals surface area contributed by atoms with Crippen LogP contribution in [0.5, 0.6) is 11.5 Å². The molecular weight excluding hydrogens is 354 g/mol. The second kappa shape index (κ2) is 10.6. The van der Waals surface area contributed by atoms with Gasteiger partial charge in [-0.05, 0) is 19.2 Å². The number of ether oxygens (including phenoxy) is 2. The number of fused-ring (bicyclic) bond motifs is 1. The van der Waals surface area contributed by atoms with Crippen molar-refractivity contribution in [2.24, 2.45) is 0 Å². The van der Waals surface area contributed by atoms with Gasteiger partial charge in [-0.25, -0.2) is 9.97 Å². The highest BCUT2D eigenvalue weighted by Crippen LogP contribution is 2.31. The quantitative estimate of drug-likeness (QED) is 0.618. The predicted octanol–water partition coefficient (Wildman–Crippen LogP) is 3.07. The molecule has 0 unspecified atom stereocenters. The van der Waals surface area contributed by atoms with Crippen molar-refractivity contribution < 1.29 is 14.6 Å². The molecule has 3 rings (SSSR count). The monoisotopic (exact) mass is 375 g/mol. The molecule has 2 aromatic carbocycles. The minimum atomic E-state index is 0.280. The third-order valence-corrected chi connectivity index (χ3v) is 3.82. The predicted molar refractivity (Wildman–Crippen MR) is 103 cm³/mol. The standard InChI is InChI=1S/C18H18ClN3O2.CH4O/c1-20-8-9-23-13-10-21-18(22-11-13)12-24-17-7-6-16(19)14-4-2-3-5-15(14)17;1-2/h2-7,10-11,20H,8-9,12H2,1H3;2H,1H3. The molecule has 0 bridgehead atoms. The summed E-state index contributed by atoms with van der Waals surface area (Å²) in [5.41, 5.74) is 0. The fourth-order valence-corrected chi connectivity index (χ4v) is 2.49. The Labute approximate surface area is 157 Å². The SMILES string of the molecule is CNCCOc1cnc(COc2ccc(Cl)c3ccccc23)nc1.CO. The lowest BCUT2D eigenvalue weighted by Crippen LogP contribution is -2.16. The molecule has 0 amide bonds. The molecule has 0 spiro atoms. The molecule has 0 atom stereocenters. The lowest BCUT2D eigenvalue weighted by Gasteiger charge is -2.10. The number of rotatable bonds is 7. The van der Waals surface area contributed by atoms with Gasteiger partial charge in [-0.1, -0.05) is 35.9 Å². The summed E-state index contributed by atoms with van der Waals surface area (Å²) in [6.07, 6.45) is 3.31. The molecule has 0 aliphatic heterocycles. The van der Waals surface area contributed by atoms with Crippen LogP contribution in [0, 0.1) is 0 Å². The molecule has 1 heterocycles. The number of hydrogen-bond donors (Lipinski definition) is 2. The highest BCUT2D eigenvalue weighted by atomic mass is 35.5. The van der Waals surface area contributed by atoms with Crippen LogP contribution >= 0.6 is 11.6 Å². The molecule has 26 heavy (non-hydrogen) atoms. The Hall–Kier alpha value is -2.41. The van der Waals surface area contributed by atoms with Gasteiger partial charge in [-0.2, -0.15) is 0 Å². The fraction of sp³-hybridized carbons (Fsp3) is 0.263. The van der Waals surface area contributed by atoms with Gasteiger partial charge in [0, 0.05) is 29.4 Å². The first kappa shape index (κ1) is 19.9. The Kier molecular flexibility index (Phi) is 8.08. The van der Waals surface area contributed by atoms with E-state index in [1.165, 1.54) is 0 Å². The smallest absolute Gasteiger partial charge is 0.166 e. The van der Waals surface area contributed by atoms with Gasteiger partial charge in [0.25, 0.3) is 0 Å². The molecule has 0 saturated carbocycles. The Bertz CT molecular complexity index is 813. The number of aliphatic hydroxyl groups is 1. The first-order valence-electron chi connectivity index (χ1n) is 8.11. The molecule has 0 fully saturated rings. The average Bonchev–Trinajstić information content (AvgIpc) is 2.70. The van der Waals surface area contributed by atoms with E-state index in [0.717, 1.165) is 30.2 Å². The summed E-state index contributed by atoms with van der Waals surface area (Å²) in [6, 6.07) is 11.6. The van der Waals surface area contributed by atoms with Crippen LogP contribution in [0.1, 0.15) is 5.82 Å². The van der Waals surface area contributed by atoms with Crippen LogP contribution in [0.15, 0.2) is 48.8 Å². The second-order valence-corrected chi connectivity index (χ2v) is 5.57. The molecule has 0 aliphatic rings. The first-order chi connectivity index (χ1) is 12.8. The van der Waals surface area contributed by atoms with E-state index in [2.05, 4.69) is 15.3 Å². The van der Waals surface area contributed by atoms with Gasteiger partial charge >= 0.3 is 0 Å². The molecule has 0 radical (unpaired) electrons. The van der Waals surface area contributed by atoms with Crippen molar-refractivity contribution in [1.29, 1.82) is 0 Å². The van der Waals surface area contributed by atoms with Crippen molar-refractivity contribution >= 4 is 22.4 Å². The van der Waals surface area contributed by atoms with E-state index in [4.69, 9.17) is 26.2 Å². The van der Waals surface area contributed by atoms with E-state index >= 15 is 0 Å². The summed E-state index contributed by atoms with van der Waals surface area (Å²) in [5.74, 6) is 1.99. The number of benzene rings is 2. The summed E-state index contributed by atoms with van der Waals surface area (Å²) in [5, 5.41) is 12.7. The minimum absolute atomic E-state index is 0.280. The van der Waals surface area contributed by atoms with E-state index < -0.39 is 0 Å². The summed E-state index contributed by atoms with van der Waals surface area (Å²) < 4.78 is 11.4. The molecule has 0 aliphatic carbocycles. The number of likely N-dealkylation sites (N-methyl/N-ethyl adjacent to an activating group) is 1. The molecule has 3 aromatic rings. The largest absolute Gasteiger partial charge is 0.489 e. The van der Waals surface area contributed by atoms with Gasteiger partial charge in [-0.3, -0.25) is 0 Å². The Morgan fingerprint density at radius 3 is 2.38 bits per heavy atom. The second-order valence-electron chi connectivity index (χ2n) is 5.17. The Morgan fingerprint density at radius 2 is 1.69 bits per heavy atom. The molecule has 2 N–H and O–H groups in total. The van der Waals surface area contributed by atoms with Crippen molar-refractivity contribution in [3.63, 3.8) is 0 Å². The molecular formula is C19H22ClN3O3. The number of nitrogens with zero attached hydrogens (tertiary/aromatic N) is 2. The molecule has 0 saturated heterocycles. The van der Waals surface area contributed by atoms with Gasteiger partial charge < -0.3 is 19.9 Å². The number of aromatic nitrogens is 2. The van der Waals surface area contributed by atoms with Crippen LogP contribution in [0.2, 0.25) is 5.02 Å². The molecule has 6 nitrogen and oxygen atoms in total. The lowest BCUT2D eigenvalue weighted by molar-refractivity contribution is 0.294. The number of halogens is 1. The fourth-order valence-electron chi connectivity index (χ4n) is 2.27. The Balaban J connectivity index is 0.00000117. The van der Waals surface area contributed by atoms with Crippen molar-refractivity contribution in [2.75, 3.05) is 27.3 Å². The number of aliphatic hydroxyl groups excluding tert-OH is 1. The molecule has 1 aromatic heterocycles. The van der Waals surface area contributed by atoms with E-state index in [-0.39, 0.29) is 6.61 Å². The van der Waals surface area contributed by atoms with Gasteiger partial charge in [0.05, 0.1) is 12.4 Å². The average molecular weight is 376 g/mol. The van der Waals surface area contributed by atoms with Crippen LogP contribution in [-0.4, -0.2) is 42.4 Å². The highest BCUT2D eigenvalue weighted by molar-refractivity contribution is 6.35. The van der Waals surface area contributed by atoms with Gasteiger partial charge in [0.15, 0.2) is 11.6 Å². The summed E-state index contributed by atoms with van der Waals surface area (Å²) in [6.45, 7) is 1.63. The van der Waals surface area contributed by atoms with Crippen molar-refractivity contribution in [1.82, 2.24) is 15.3 Å². The van der Waals surface area contributed by atoms with E-state index in [0.29, 0.717) is 23.2 Å². The van der Waals surface area contributed by atoms with Gasteiger partial charge in [-0.15, -0.1) is 0 Å². The summed E-state index contributed by atoms with van der Waals surface area (Å²) in [4.78, 5) is 8.53. The zero-order chi connectivity index (χ0) is 18.8. The maximum atomic E-state index is 7.00. The zero-order valence-corrected chi connectivity index (χ0v) is 15.5. The maximum absolute atomic E-state index is 7.00. The zero-order valence-electron chi connectivity index (χ0n) is 14.8. The van der Waals surface area contributed by atoms with Gasteiger partial charge in [0.2, 0.25) is 0 Å². The maximum Gasteiger partial charge on any atom is 0.166 e. The summed E-state index contributed by atoms with van der Waals surface area (Å²) >= 11 is 6.22. The van der Waals surface area contributed by atoms with Crippen LogP contribution in [-0.2, 0) is 6.61 Å².